The van der Waals surface area contributed by atoms with Gasteiger partial charge < -0.3 is 9.88 Å². The van der Waals surface area contributed by atoms with Crippen molar-refractivity contribution in [3.63, 3.8) is 0 Å². The predicted octanol–water partition coefficient (Wildman–Crippen LogP) is 6.34. The lowest BCUT2D eigenvalue weighted by molar-refractivity contribution is -0.112. The van der Waals surface area contributed by atoms with Crippen LogP contribution in [-0.2, 0) is 11.3 Å². The third-order valence-corrected chi connectivity index (χ3v) is 5.50. The number of para-hydroxylation sites is 1. The maximum Gasteiger partial charge on any atom is 0.266 e. The molecule has 3 aromatic carbocycles. The highest BCUT2D eigenvalue weighted by Gasteiger charge is 2.16. The van der Waals surface area contributed by atoms with Gasteiger partial charge in [0.05, 0.1) is 0 Å². The van der Waals surface area contributed by atoms with Crippen molar-refractivity contribution in [2.24, 2.45) is 0 Å². The van der Waals surface area contributed by atoms with Gasteiger partial charge in [0, 0.05) is 39.4 Å². The first-order valence-electron chi connectivity index (χ1n) is 9.97. The lowest BCUT2D eigenvalue weighted by Gasteiger charge is -2.09. The van der Waals surface area contributed by atoms with Gasteiger partial charge in [0.25, 0.3) is 5.91 Å². The van der Waals surface area contributed by atoms with E-state index in [2.05, 4.69) is 9.88 Å². The van der Waals surface area contributed by atoms with Crippen LogP contribution >= 0.6 is 11.6 Å². The molecule has 0 saturated carbocycles. The summed E-state index contributed by atoms with van der Waals surface area (Å²) in [5.74, 6) is -0.791. The lowest BCUT2D eigenvalue weighted by atomic mass is 10.1. The Kier molecular flexibility index (Phi) is 6.07. The summed E-state index contributed by atoms with van der Waals surface area (Å²) in [5.41, 5.74) is 4.11. The van der Waals surface area contributed by atoms with Crippen molar-refractivity contribution in [1.29, 1.82) is 5.26 Å². The highest BCUT2D eigenvalue weighted by molar-refractivity contribution is 6.31. The van der Waals surface area contributed by atoms with Gasteiger partial charge in [-0.3, -0.25) is 4.79 Å². The van der Waals surface area contributed by atoms with Crippen LogP contribution in [0.25, 0.3) is 17.0 Å². The first-order chi connectivity index (χ1) is 15.5. The molecule has 0 aliphatic heterocycles. The minimum Gasteiger partial charge on any atom is -0.340 e. The number of anilines is 1. The first kappa shape index (κ1) is 21.4. The number of rotatable bonds is 5. The molecule has 4 nitrogen and oxygen atoms in total. The van der Waals surface area contributed by atoms with Crippen molar-refractivity contribution in [3.05, 3.63) is 106 Å². The highest BCUT2D eigenvalue weighted by Crippen LogP contribution is 2.29. The molecular formula is C26H19ClFN3O. The molecule has 0 saturated heterocycles. The van der Waals surface area contributed by atoms with Gasteiger partial charge in [0.2, 0.25) is 0 Å². The van der Waals surface area contributed by atoms with Gasteiger partial charge in [0.1, 0.15) is 17.5 Å². The number of benzene rings is 3. The van der Waals surface area contributed by atoms with Crippen LogP contribution in [0.5, 0.6) is 0 Å². The molecule has 0 spiro atoms. The molecule has 1 amide bonds. The van der Waals surface area contributed by atoms with E-state index in [1.165, 1.54) is 12.1 Å². The summed E-state index contributed by atoms with van der Waals surface area (Å²) in [6, 6.07) is 22.9. The zero-order valence-electron chi connectivity index (χ0n) is 17.3. The number of nitrogens with one attached hydrogen (secondary N) is 1. The van der Waals surface area contributed by atoms with E-state index in [0.29, 0.717) is 17.3 Å². The smallest absolute Gasteiger partial charge is 0.266 e. The second-order valence-electron chi connectivity index (χ2n) is 7.36. The van der Waals surface area contributed by atoms with E-state index >= 15 is 0 Å². The van der Waals surface area contributed by atoms with Crippen LogP contribution in [0.4, 0.5) is 10.1 Å². The Morgan fingerprint density at radius 3 is 2.59 bits per heavy atom. The van der Waals surface area contributed by atoms with Crippen LogP contribution in [0.15, 0.2) is 78.4 Å². The second kappa shape index (κ2) is 9.09. The van der Waals surface area contributed by atoms with E-state index in [-0.39, 0.29) is 11.4 Å². The summed E-state index contributed by atoms with van der Waals surface area (Å²) in [6.07, 6.45) is 1.61. The molecule has 0 fully saturated rings. The number of carbonyl (C=O) groups excluding carboxylic acids is 1. The molecule has 0 unspecified atom stereocenters. The molecule has 1 heterocycles. The number of carbonyl (C=O) groups is 1. The van der Waals surface area contributed by atoms with Crippen molar-refractivity contribution in [2.75, 3.05) is 5.32 Å². The number of amides is 1. The number of hydrogen-bond donors (Lipinski definition) is 1. The van der Waals surface area contributed by atoms with Crippen molar-refractivity contribution in [3.8, 4) is 6.07 Å². The summed E-state index contributed by atoms with van der Waals surface area (Å²) >= 11 is 5.98. The molecular weight excluding hydrogens is 425 g/mol. The average molecular weight is 444 g/mol. The zero-order valence-corrected chi connectivity index (χ0v) is 18.0. The standard InChI is InChI=1S/C26H19ClFN3O/c1-17-24(13-19(15-29)26(32)30-22-6-4-5-20(27)14-22)23-7-2-3-8-25(23)31(17)16-18-9-11-21(28)12-10-18/h2-14H,16H2,1H3,(H,30,32)/b19-13+. The minimum atomic E-state index is -0.510. The summed E-state index contributed by atoms with van der Waals surface area (Å²) < 4.78 is 15.4. The van der Waals surface area contributed by atoms with E-state index < -0.39 is 5.91 Å². The molecule has 158 valence electrons. The van der Waals surface area contributed by atoms with Gasteiger partial charge in [0.15, 0.2) is 0 Å². The maximum absolute atomic E-state index is 13.3. The lowest BCUT2D eigenvalue weighted by Crippen LogP contribution is -2.13. The van der Waals surface area contributed by atoms with Crippen molar-refractivity contribution in [2.45, 2.75) is 13.5 Å². The Hall–Kier alpha value is -3.88. The fourth-order valence-corrected chi connectivity index (χ4v) is 3.86. The SMILES string of the molecule is Cc1c(/C=C(\C#N)C(=O)Nc2cccc(Cl)c2)c2ccccc2n1Cc1ccc(F)cc1. The normalized spacial score (nSPS) is 11.4. The monoisotopic (exact) mass is 443 g/mol. The topological polar surface area (TPSA) is 57.8 Å². The number of aromatic nitrogens is 1. The molecule has 32 heavy (non-hydrogen) atoms. The molecule has 0 aliphatic rings. The zero-order chi connectivity index (χ0) is 22.7. The Morgan fingerprint density at radius 1 is 1.12 bits per heavy atom. The number of hydrogen-bond acceptors (Lipinski definition) is 2. The second-order valence-corrected chi connectivity index (χ2v) is 7.80. The molecule has 6 heteroatoms. The predicted molar refractivity (Wildman–Crippen MR) is 126 cm³/mol. The van der Waals surface area contributed by atoms with Crippen LogP contribution in [0, 0.1) is 24.1 Å². The van der Waals surface area contributed by atoms with Crippen molar-refractivity contribution < 1.29 is 9.18 Å². The third-order valence-electron chi connectivity index (χ3n) is 5.27. The van der Waals surface area contributed by atoms with Gasteiger partial charge >= 0.3 is 0 Å². The first-order valence-corrected chi connectivity index (χ1v) is 10.3. The van der Waals surface area contributed by atoms with E-state index in [4.69, 9.17) is 11.6 Å². The number of fused-ring (bicyclic) bond motifs is 1. The maximum atomic E-state index is 13.3. The summed E-state index contributed by atoms with van der Waals surface area (Å²) in [7, 11) is 0. The van der Waals surface area contributed by atoms with Gasteiger partial charge in [-0.25, -0.2) is 4.39 Å². The minimum absolute atomic E-state index is 0.0160. The fraction of sp³-hybridized carbons (Fsp3) is 0.0769. The van der Waals surface area contributed by atoms with Crippen LogP contribution in [0.1, 0.15) is 16.8 Å². The number of nitriles is 1. The Bertz CT molecular complexity index is 1380. The quantitative estimate of drug-likeness (QED) is 0.289. The number of nitrogens with zero attached hydrogens (tertiary/aromatic N) is 2. The average Bonchev–Trinajstić information content (AvgIpc) is 3.04. The summed E-state index contributed by atoms with van der Waals surface area (Å²) in [6.45, 7) is 2.48. The van der Waals surface area contributed by atoms with Gasteiger partial charge in [-0.1, -0.05) is 48.0 Å². The Morgan fingerprint density at radius 2 is 1.88 bits per heavy atom. The Labute approximate surface area is 190 Å². The van der Waals surface area contributed by atoms with E-state index in [9.17, 15) is 14.4 Å². The molecule has 1 N–H and O–H groups in total. The summed E-state index contributed by atoms with van der Waals surface area (Å²) in [5, 5.41) is 13.8. The van der Waals surface area contributed by atoms with Crippen molar-refractivity contribution in [1.82, 2.24) is 4.57 Å². The van der Waals surface area contributed by atoms with E-state index in [1.807, 2.05) is 37.3 Å². The van der Waals surface area contributed by atoms with Crippen LogP contribution in [0.3, 0.4) is 0 Å². The molecule has 0 bridgehead atoms. The fourth-order valence-electron chi connectivity index (χ4n) is 3.67. The van der Waals surface area contributed by atoms with E-state index in [0.717, 1.165) is 27.7 Å². The third kappa shape index (κ3) is 4.41. The molecule has 1 aromatic heterocycles. The largest absolute Gasteiger partial charge is 0.340 e. The molecule has 0 aliphatic carbocycles. The summed E-state index contributed by atoms with van der Waals surface area (Å²) in [4.78, 5) is 12.7. The van der Waals surface area contributed by atoms with Crippen LogP contribution < -0.4 is 5.32 Å². The molecule has 0 atom stereocenters. The number of halogens is 2. The van der Waals surface area contributed by atoms with Crippen molar-refractivity contribution >= 4 is 40.2 Å². The van der Waals surface area contributed by atoms with Crippen LogP contribution in [-0.4, -0.2) is 10.5 Å². The van der Waals surface area contributed by atoms with Gasteiger partial charge in [-0.05, 0) is 55.0 Å². The molecule has 4 rings (SSSR count). The molecule has 0 radical (unpaired) electrons. The Balaban J connectivity index is 1.73. The van der Waals surface area contributed by atoms with Gasteiger partial charge in [-0.15, -0.1) is 0 Å². The highest BCUT2D eigenvalue weighted by atomic mass is 35.5. The van der Waals surface area contributed by atoms with Crippen LogP contribution in [0.2, 0.25) is 5.02 Å². The van der Waals surface area contributed by atoms with E-state index in [1.54, 1.807) is 42.5 Å². The van der Waals surface area contributed by atoms with Gasteiger partial charge in [-0.2, -0.15) is 5.26 Å². The molecule has 4 aromatic rings.